The zero-order chi connectivity index (χ0) is 18.2. The molecule has 0 unspecified atom stereocenters. The maximum atomic E-state index is 11.8. The number of hydrogen-bond acceptors (Lipinski definition) is 5. The van der Waals surface area contributed by atoms with Gasteiger partial charge in [0.2, 0.25) is 5.91 Å². The lowest BCUT2D eigenvalue weighted by atomic mass is 10.0. The summed E-state index contributed by atoms with van der Waals surface area (Å²) in [4.78, 5) is 33.7. The summed E-state index contributed by atoms with van der Waals surface area (Å²) < 4.78 is 0. The van der Waals surface area contributed by atoms with Crippen LogP contribution in [-0.2, 0) is 9.59 Å². The average Bonchev–Trinajstić information content (AvgIpc) is 3.10. The van der Waals surface area contributed by atoms with Gasteiger partial charge in [-0.2, -0.15) is 11.8 Å². The number of amides is 3. The van der Waals surface area contributed by atoms with Crippen LogP contribution in [0, 0.1) is 0 Å². The molecule has 6 N–H and O–H groups in total. The van der Waals surface area contributed by atoms with Gasteiger partial charge in [0.05, 0.1) is 12.1 Å². The Labute approximate surface area is 152 Å². The third-order valence-corrected chi connectivity index (χ3v) is 6.17. The predicted octanol–water partition coefficient (Wildman–Crippen LogP) is 0.411. The largest absolute Gasteiger partial charge is 0.480 e. The van der Waals surface area contributed by atoms with Crippen LogP contribution in [0.4, 0.5) is 4.79 Å². The SMILES string of the molecule is N[C@@H](CCCCNC(=O)CCCC[C@@H]1SC[C@@H]2NC(=O)N[C@H]21)C(=O)O. The second kappa shape index (κ2) is 9.86. The van der Waals surface area contributed by atoms with Crippen LogP contribution in [0.25, 0.3) is 0 Å². The van der Waals surface area contributed by atoms with Crippen LogP contribution >= 0.6 is 11.8 Å². The number of aliphatic carboxylic acids is 1. The van der Waals surface area contributed by atoms with E-state index in [0.717, 1.165) is 31.4 Å². The smallest absolute Gasteiger partial charge is 0.320 e. The van der Waals surface area contributed by atoms with Crippen molar-refractivity contribution in [2.45, 2.75) is 68.3 Å². The van der Waals surface area contributed by atoms with E-state index in [2.05, 4.69) is 16.0 Å². The molecule has 4 atom stereocenters. The molecule has 2 aliphatic rings. The van der Waals surface area contributed by atoms with Crippen LogP contribution < -0.4 is 21.7 Å². The Morgan fingerprint density at radius 2 is 2.08 bits per heavy atom. The summed E-state index contributed by atoms with van der Waals surface area (Å²) in [5, 5.41) is 17.9. The molecule has 0 aliphatic carbocycles. The Bertz CT molecular complexity index is 491. The fraction of sp³-hybridized carbons (Fsp3) is 0.812. The monoisotopic (exact) mass is 372 g/mol. The first-order chi connectivity index (χ1) is 12.0. The van der Waals surface area contributed by atoms with Gasteiger partial charge in [0, 0.05) is 24.0 Å². The highest BCUT2D eigenvalue weighted by atomic mass is 32.2. The van der Waals surface area contributed by atoms with Crippen LogP contribution in [-0.4, -0.2) is 58.7 Å². The minimum atomic E-state index is -0.983. The first-order valence-electron chi connectivity index (χ1n) is 8.91. The normalized spacial score (nSPS) is 25.8. The summed E-state index contributed by atoms with van der Waals surface area (Å²) in [6, 6.07) is -0.406. The zero-order valence-electron chi connectivity index (χ0n) is 14.3. The Morgan fingerprint density at radius 3 is 2.84 bits per heavy atom. The van der Waals surface area contributed by atoms with Crippen molar-refractivity contribution in [1.29, 1.82) is 0 Å². The van der Waals surface area contributed by atoms with E-state index in [-0.39, 0.29) is 24.0 Å². The maximum Gasteiger partial charge on any atom is 0.320 e. The van der Waals surface area contributed by atoms with E-state index in [1.807, 2.05) is 11.8 Å². The summed E-state index contributed by atoms with van der Waals surface area (Å²) in [5.74, 6) is 0.0131. The molecule has 0 aromatic heterocycles. The van der Waals surface area contributed by atoms with Crippen molar-refractivity contribution in [3.8, 4) is 0 Å². The molecule has 2 fully saturated rings. The van der Waals surface area contributed by atoms with E-state index < -0.39 is 12.0 Å². The Balaban J connectivity index is 1.46. The van der Waals surface area contributed by atoms with Gasteiger partial charge in [-0.1, -0.05) is 6.42 Å². The summed E-state index contributed by atoms with van der Waals surface area (Å²) in [6.07, 6.45) is 5.18. The Hall–Kier alpha value is -1.48. The molecule has 0 aromatic rings. The zero-order valence-corrected chi connectivity index (χ0v) is 15.1. The predicted molar refractivity (Wildman–Crippen MR) is 96.4 cm³/mol. The molecule has 0 saturated carbocycles. The van der Waals surface area contributed by atoms with Crippen molar-refractivity contribution in [3.63, 3.8) is 0 Å². The van der Waals surface area contributed by atoms with Gasteiger partial charge in [-0.25, -0.2) is 4.79 Å². The summed E-state index contributed by atoms with van der Waals surface area (Å²) >= 11 is 1.89. The standard InChI is InChI=1S/C16H28N4O4S/c17-10(15(22)23)5-3-4-8-18-13(21)7-2-1-6-12-14-11(9-25-12)19-16(24)20-14/h10-12,14H,1-9,17H2,(H,18,21)(H,22,23)(H2,19,20,24)/t10-,11-,12-,14+/m0/s1. The molecule has 9 heteroatoms. The number of carboxylic acids is 1. The number of carbonyl (C=O) groups excluding carboxylic acids is 2. The topological polar surface area (TPSA) is 134 Å². The van der Waals surface area contributed by atoms with Crippen LogP contribution in [0.1, 0.15) is 44.9 Å². The van der Waals surface area contributed by atoms with Gasteiger partial charge in [-0.3, -0.25) is 9.59 Å². The third-order valence-electron chi connectivity index (χ3n) is 4.66. The number of carboxylic acid groups (broad SMARTS) is 1. The van der Waals surface area contributed by atoms with Crippen LogP contribution in [0.3, 0.4) is 0 Å². The molecule has 3 amide bonds. The highest BCUT2D eigenvalue weighted by molar-refractivity contribution is 8.00. The number of nitrogens with one attached hydrogen (secondary N) is 3. The van der Waals surface area contributed by atoms with E-state index in [1.165, 1.54) is 0 Å². The molecular formula is C16H28N4O4S. The van der Waals surface area contributed by atoms with Crippen molar-refractivity contribution in [2.24, 2.45) is 5.73 Å². The van der Waals surface area contributed by atoms with E-state index in [0.29, 0.717) is 31.1 Å². The van der Waals surface area contributed by atoms with Crippen molar-refractivity contribution in [1.82, 2.24) is 16.0 Å². The molecule has 2 rings (SSSR count). The highest BCUT2D eigenvalue weighted by Gasteiger charge is 2.42. The van der Waals surface area contributed by atoms with Gasteiger partial charge >= 0.3 is 12.0 Å². The molecule has 0 bridgehead atoms. The van der Waals surface area contributed by atoms with Crippen molar-refractivity contribution in [3.05, 3.63) is 0 Å². The maximum absolute atomic E-state index is 11.8. The lowest BCUT2D eigenvalue weighted by Crippen LogP contribution is -2.36. The number of rotatable bonds is 11. The van der Waals surface area contributed by atoms with Gasteiger partial charge in [0.1, 0.15) is 6.04 Å². The lowest BCUT2D eigenvalue weighted by Gasteiger charge is -2.16. The first kappa shape index (κ1) is 19.8. The van der Waals surface area contributed by atoms with Crippen LogP contribution in [0.15, 0.2) is 0 Å². The molecule has 25 heavy (non-hydrogen) atoms. The number of carbonyl (C=O) groups is 3. The number of hydrogen-bond donors (Lipinski definition) is 5. The minimum Gasteiger partial charge on any atom is -0.480 e. The van der Waals surface area contributed by atoms with Gasteiger partial charge in [-0.15, -0.1) is 0 Å². The quantitative estimate of drug-likeness (QED) is 0.263. The van der Waals surface area contributed by atoms with Crippen LogP contribution in [0.5, 0.6) is 0 Å². The minimum absolute atomic E-state index is 0.0373. The summed E-state index contributed by atoms with van der Waals surface area (Å²) in [6.45, 7) is 0.561. The number of fused-ring (bicyclic) bond motifs is 1. The fourth-order valence-corrected chi connectivity index (χ4v) is 4.75. The molecule has 2 aliphatic heterocycles. The van der Waals surface area contributed by atoms with E-state index in [9.17, 15) is 14.4 Å². The molecule has 2 heterocycles. The molecule has 8 nitrogen and oxygen atoms in total. The van der Waals surface area contributed by atoms with Gasteiger partial charge in [0.25, 0.3) is 0 Å². The Kier molecular flexibility index (Phi) is 7.83. The number of thioether (sulfide) groups is 1. The number of nitrogens with two attached hydrogens (primary N) is 1. The Morgan fingerprint density at radius 1 is 1.28 bits per heavy atom. The van der Waals surface area contributed by atoms with Crippen molar-refractivity contribution >= 4 is 29.7 Å². The second-order valence-electron chi connectivity index (χ2n) is 6.66. The van der Waals surface area contributed by atoms with Gasteiger partial charge in [0.15, 0.2) is 0 Å². The van der Waals surface area contributed by atoms with Crippen molar-refractivity contribution < 1.29 is 19.5 Å². The molecule has 2 saturated heterocycles. The second-order valence-corrected chi connectivity index (χ2v) is 7.93. The van der Waals surface area contributed by atoms with E-state index >= 15 is 0 Å². The third kappa shape index (κ3) is 6.39. The molecule has 0 spiro atoms. The first-order valence-corrected chi connectivity index (χ1v) is 9.96. The molecule has 0 aromatic carbocycles. The number of urea groups is 1. The molecular weight excluding hydrogens is 344 g/mol. The van der Waals surface area contributed by atoms with Gasteiger partial charge in [-0.05, 0) is 32.1 Å². The van der Waals surface area contributed by atoms with E-state index in [1.54, 1.807) is 0 Å². The highest BCUT2D eigenvalue weighted by Crippen LogP contribution is 2.33. The lowest BCUT2D eigenvalue weighted by molar-refractivity contribution is -0.138. The molecule has 142 valence electrons. The van der Waals surface area contributed by atoms with Crippen molar-refractivity contribution in [2.75, 3.05) is 12.3 Å². The molecule has 0 radical (unpaired) electrons. The average molecular weight is 372 g/mol. The summed E-state index contributed by atoms with van der Waals surface area (Å²) in [7, 11) is 0. The summed E-state index contributed by atoms with van der Waals surface area (Å²) in [5.41, 5.74) is 5.42. The van der Waals surface area contributed by atoms with Crippen LogP contribution in [0.2, 0.25) is 0 Å². The van der Waals surface area contributed by atoms with Gasteiger partial charge < -0.3 is 26.8 Å². The fourth-order valence-electron chi connectivity index (χ4n) is 3.20. The number of unbranched alkanes of at least 4 members (excludes halogenated alkanes) is 2. The van der Waals surface area contributed by atoms with E-state index in [4.69, 9.17) is 10.8 Å².